The van der Waals surface area contributed by atoms with Crippen molar-refractivity contribution >= 4 is 5.97 Å². The zero-order valence-electron chi connectivity index (χ0n) is 10.9. The molecule has 0 heterocycles. The summed E-state index contributed by atoms with van der Waals surface area (Å²) >= 11 is 0. The van der Waals surface area contributed by atoms with Gasteiger partial charge in [0.1, 0.15) is 0 Å². The summed E-state index contributed by atoms with van der Waals surface area (Å²) in [4.78, 5) is 11.3. The third-order valence-corrected chi connectivity index (χ3v) is 3.42. The number of hydrogen-bond donors (Lipinski definition) is 1. The number of hydrogen-bond acceptors (Lipinski definition) is 1. The van der Waals surface area contributed by atoms with Crippen molar-refractivity contribution in [3.8, 4) is 0 Å². The normalized spacial score (nSPS) is 16.1. The molecule has 1 unspecified atom stereocenters. The van der Waals surface area contributed by atoms with Crippen LogP contribution in [0.15, 0.2) is 0 Å². The lowest BCUT2D eigenvalue weighted by molar-refractivity contribution is -0.150. The van der Waals surface area contributed by atoms with Gasteiger partial charge in [-0.1, -0.05) is 47.0 Å². The highest BCUT2D eigenvalue weighted by atomic mass is 16.4. The van der Waals surface area contributed by atoms with E-state index in [0.717, 1.165) is 32.1 Å². The molecule has 0 saturated heterocycles. The van der Waals surface area contributed by atoms with Gasteiger partial charge in [-0.05, 0) is 25.2 Å². The van der Waals surface area contributed by atoms with Crippen LogP contribution in [0.2, 0.25) is 0 Å². The molecule has 90 valence electrons. The molecular weight excluding hydrogens is 188 g/mol. The van der Waals surface area contributed by atoms with Crippen LogP contribution in [0.25, 0.3) is 0 Å². The van der Waals surface area contributed by atoms with Crippen molar-refractivity contribution in [1.29, 1.82) is 0 Å². The highest BCUT2D eigenvalue weighted by Crippen LogP contribution is 2.39. The number of carboxylic acids is 1. The molecule has 0 aromatic rings. The van der Waals surface area contributed by atoms with E-state index in [4.69, 9.17) is 0 Å². The summed E-state index contributed by atoms with van der Waals surface area (Å²) in [6.07, 6.45) is 4.66. The molecule has 1 N–H and O–H groups in total. The van der Waals surface area contributed by atoms with Crippen molar-refractivity contribution < 1.29 is 9.90 Å². The van der Waals surface area contributed by atoms with Gasteiger partial charge in [0, 0.05) is 0 Å². The van der Waals surface area contributed by atoms with Crippen LogP contribution >= 0.6 is 0 Å². The summed E-state index contributed by atoms with van der Waals surface area (Å²) in [6.45, 7) is 10.4. The molecule has 0 aliphatic rings. The van der Waals surface area contributed by atoms with E-state index in [0.29, 0.717) is 0 Å². The van der Waals surface area contributed by atoms with Gasteiger partial charge >= 0.3 is 5.97 Å². The fraction of sp³-hybridized carbons (Fsp3) is 0.923. The number of carboxylic acid groups (broad SMARTS) is 1. The molecule has 0 spiro atoms. The van der Waals surface area contributed by atoms with Crippen LogP contribution in [0.5, 0.6) is 0 Å². The average molecular weight is 214 g/mol. The molecule has 0 rings (SSSR count). The molecule has 0 bridgehead atoms. The predicted molar refractivity (Wildman–Crippen MR) is 64.0 cm³/mol. The van der Waals surface area contributed by atoms with Gasteiger partial charge in [0.05, 0.1) is 5.41 Å². The van der Waals surface area contributed by atoms with E-state index in [1.165, 1.54) is 0 Å². The average Bonchev–Trinajstić information content (AvgIpc) is 2.14. The summed E-state index contributed by atoms with van der Waals surface area (Å²) in [5, 5.41) is 9.32. The Balaban J connectivity index is 4.58. The third-order valence-electron chi connectivity index (χ3n) is 3.42. The second-order valence-electron chi connectivity index (χ2n) is 5.66. The minimum atomic E-state index is -0.641. The van der Waals surface area contributed by atoms with Gasteiger partial charge in [0.15, 0.2) is 0 Å². The van der Waals surface area contributed by atoms with Crippen LogP contribution in [0.3, 0.4) is 0 Å². The molecule has 0 aliphatic carbocycles. The molecule has 1 atom stereocenters. The second-order valence-corrected chi connectivity index (χ2v) is 5.66. The van der Waals surface area contributed by atoms with Crippen molar-refractivity contribution in [2.24, 2.45) is 10.8 Å². The number of carbonyl (C=O) groups is 1. The minimum Gasteiger partial charge on any atom is -0.481 e. The number of rotatable bonds is 7. The summed E-state index contributed by atoms with van der Waals surface area (Å²) in [5.41, 5.74) is -0.420. The lowest BCUT2D eigenvalue weighted by Gasteiger charge is -2.34. The predicted octanol–water partition coefficient (Wildman–Crippen LogP) is 4.09. The van der Waals surface area contributed by atoms with Gasteiger partial charge in [-0.15, -0.1) is 0 Å². The molecule has 15 heavy (non-hydrogen) atoms. The fourth-order valence-corrected chi connectivity index (χ4v) is 2.02. The first kappa shape index (κ1) is 14.5. The van der Waals surface area contributed by atoms with Crippen LogP contribution < -0.4 is 0 Å². The molecule has 2 heteroatoms. The Hall–Kier alpha value is -0.530. The lowest BCUT2D eigenvalue weighted by atomic mass is 9.70. The van der Waals surface area contributed by atoms with Crippen LogP contribution in [0.1, 0.15) is 66.7 Å². The molecule has 0 saturated carbocycles. The first-order valence-electron chi connectivity index (χ1n) is 6.01. The van der Waals surface area contributed by atoms with Crippen molar-refractivity contribution in [1.82, 2.24) is 0 Å². The van der Waals surface area contributed by atoms with Gasteiger partial charge in [-0.25, -0.2) is 0 Å². The van der Waals surface area contributed by atoms with Crippen LogP contribution in [-0.2, 0) is 4.79 Å². The molecule has 0 fully saturated rings. The highest BCUT2D eigenvalue weighted by molar-refractivity contribution is 5.74. The lowest BCUT2D eigenvalue weighted by Crippen LogP contribution is -2.33. The van der Waals surface area contributed by atoms with E-state index in [9.17, 15) is 9.90 Å². The molecule has 0 radical (unpaired) electrons. The zero-order chi connectivity index (χ0) is 12.1. The van der Waals surface area contributed by atoms with E-state index in [1.807, 2.05) is 6.92 Å². The monoisotopic (exact) mass is 214 g/mol. The molecule has 0 aromatic heterocycles. The first-order chi connectivity index (χ1) is 6.77. The van der Waals surface area contributed by atoms with Gasteiger partial charge in [0.2, 0.25) is 0 Å². The topological polar surface area (TPSA) is 37.3 Å². The largest absolute Gasteiger partial charge is 0.481 e. The maximum absolute atomic E-state index is 11.3. The molecule has 0 aromatic carbocycles. The maximum atomic E-state index is 11.3. The summed E-state index contributed by atoms with van der Waals surface area (Å²) in [5.74, 6) is -0.641. The molecule has 0 amide bonds. The Morgan fingerprint density at radius 2 is 1.73 bits per heavy atom. The SMILES string of the molecule is CCCCC(C)(CC(C)(C)CC)C(=O)O. The van der Waals surface area contributed by atoms with Crippen LogP contribution in [0.4, 0.5) is 0 Å². The number of unbranched alkanes of at least 4 members (excludes halogenated alkanes) is 1. The molecule has 0 aliphatic heterocycles. The Bertz CT molecular complexity index is 209. The van der Waals surface area contributed by atoms with E-state index < -0.39 is 11.4 Å². The summed E-state index contributed by atoms with van der Waals surface area (Å²) < 4.78 is 0. The van der Waals surface area contributed by atoms with Crippen molar-refractivity contribution in [3.05, 3.63) is 0 Å². The van der Waals surface area contributed by atoms with Gasteiger partial charge < -0.3 is 5.11 Å². The van der Waals surface area contributed by atoms with E-state index >= 15 is 0 Å². The van der Waals surface area contributed by atoms with E-state index in [2.05, 4.69) is 27.7 Å². The maximum Gasteiger partial charge on any atom is 0.309 e. The van der Waals surface area contributed by atoms with Crippen molar-refractivity contribution in [2.45, 2.75) is 66.7 Å². The quantitative estimate of drug-likeness (QED) is 0.693. The third kappa shape index (κ3) is 4.67. The first-order valence-corrected chi connectivity index (χ1v) is 6.01. The van der Waals surface area contributed by atoms with Crippen LogP contribution in [0, 0.1) is 10.8 Å². The van der Waals surface area contributed by atoms with E-state index in [-0.39, 0.29) is 5.41 Å². The molecular formula is C13H26O2. The van der Waals surface area contributed by atoms with Crippen molar-refractivity contribution in [3.63, 3.8) is 0 Å². The Kier molecular flexibility index (Phi) is 5.33. The minimum absolute atomic E-state index is 0.126. The summed E-state index contributed by atoms with van der Waals surface area (Å²) in [6, 6.07) is 0. The van der Waals surface area contributed by atoms with Crippen molar-refractivity contribution in [2.75, 3.05) is 0 Å². The van der Waals surface area contributed by atoms with Gasteiger partial charge in [0.25, 0.3) is 0 Å². The Morgan fingerprint density at radius 3 is 2.07 bits per heavy atom. The van der Waals surface area contributed by atoms with Gasteiger partial charge in [-0.3, -0.25) is 4.79 Å². The standard InChI is InChI=1S/C13H26O2/c1-6-8-9-13(5,11(14)15)10-12(3,4)7-2/h6-10H2,1-5H3,(H,14,15). The highest BCUT2D eigenvalue weighted by Gasteiger charge is 2.37. The van der Waals surface area contributed by atoms with E-state index in [1.54, 1.807) is 0 Å². The number of aliphatic carboxylic acids is 1. The van der Waals surface area contributed by atoms with Gasteiger partial charge in [-0.2, -0.15) is 0 Å². The Morgan fingerprint density at radius 1 is 1.20 bits per heavy atom. The smallest absolute Gasteiger partial charge is 0.309 e. The fourth-order valence-electron chi connectivity index (χ4n) is 2.02. The van der Waals surface area contributed by atoms with Crippen LogP contribution in [-0.4, -0.2) is 11.1 Å². The Labute approximate surface area is 94.1 Å². The summed E-state index contributed by atoms with van der Waals surface area (Å²) in [7, 11) is 0. The zero-order valence-corrected chi connectivity index (χ0v) is 10.9. The second kappa shape index (κ2) is 5.53. The molecule has 2 nitrogen and oxygen atoms in total.